The van der Waals surface area contributed by atoms with Crippen LogP contribution in [0.1, 0.15) is 28.7 Å². The molecule has 0 saturated carbocycles. The molecular weight excluding hydrogens is 275 g/mol. The highest BCUT2D eigenvalue weighted by Gasteiger charge is 2.38. The number of rotatable bonds is 3. The van der Waals surface area contributed by atoms with Crippen LogP contribution in [0.2, 0.25) is 0 Å². The minimum absolute atomic E-state index is 0.0192. The van der Waals surface area contributed by atoms with Crippen molar-refractivity contribution in [1.82, 2.24) is 14.8 Å². The fraction of sp³-hybridized carbons (Fsp3) is 0.286. The summed E-state index contributed by atoms with van der Waals surface area (Å²) in [5.41, 5.74) is 0.743. The first-order valence-electron chi connectivity index (χ1n) is 6.56. The summed E-state index contributed by atoms with van der Waals surface area (Å²) in [4.78, 5) is 29.3. The smallest absolute Gasteiger partial charge is 0.294 e. The summed E-state index contributed by atoms with van der Waals surface area (Å²) in [5, 5.41) is 4.00. The Balaban J connectivity index is 2.06. The Bertz CT molecular complexity index is 753. The molecule has 0 aliphatic carbocycles. The lowest BCUT2D eigenvalue weighted by atomic mass is 10.1. The maximum atomic E-state index is 14.2. The van der Waals surface area contributed by atoms with Crippen molar-refractivity contribution in [3.05, 3.63) is 41.2 Å². The number of benzene rings is 1. The van der Waals surface area contributed by atoms with Crippen molar-refractivity contribution in [3.63, 3.8) is 0 Å². The summed E-state index contributed by atoms with van der Waals surface area (Å²) >= 11 is 0. The molecular formula is C14H13FN4O2. The van der Waals surface area contributed by atoms with Gasteiger partial charge in [-0.3, -0.25) is 14.5 Å². The summed E-state index contributed by atoms with van der Waals surface area (Å²) in [5.74, 6) is -1.49. The number of fused-ring (bicyclic) bond motifs is 1. The standard InChI is InChI=1S/C14H13FN4O2/c1-3-19-11(16-7-17-19)6-18-12-9(13(20)14(18)21)4-8(2)5-10(12)15/h4-5,7H,3,6H2,1-2H3. The fourth-order valence-corrected chi connectivity index (χ4v) is 2.49. The molecule has 0 N–H and O–H groups in total. The van der Waals surface area contributed by atoms with Crippen LogP contribution in [0.5, 0.6) is 0 Å². The van der Waals surface area contributed by atoms with Crippen LogP contribution in [0.15, 0.2) is 18.5 Å². The van der Waals surface area contributed by atoms with Crippen LogP contribution in [-0.4, -0.2) is 26.5 Å². The lowest BCUT2D eigenvalue weighted by Gasteiger charge is -2.16. The molecule has 1 aliphatic rings. The third-order valence-electron chi connectivity index (χ3n) is 3.46. The zero-order chi connectivity index (χ0) is 15.1. The summed E-state index contributed by atoms with van der Waals surface area (Å²) in [6, 6.07) is 2.84. The number of hydrogen-bond donors (Lipinski definition) is 0. The Hall–Kier alpha value is -2.57. The van der Waals surface area contributed by atoms with E-state index in [1.807, 2.05) is 6.92 Å². The molecule has 21 heavy (non-hydrogen) atoms. The van der Waals surface area contributed by atoms with Gasteiger partial charge in [0.25, 0.3) is 11.7 Å². The van der Waals surface area contributed by atoms with Gasteiger partial charge in [0.2, 0.25) is 0 Å². The van der Waals surface area contributed by atoms with Gasteiger partial charge in [0, 0.05) is 6.54 Å². The molecule has 0 spiro atoms. The molecule has 1 aromatic heterocycles. The summed E-state index contributed by atoms with van der Waals surface area (Å²) in [7, 11) is 0. The maximum Gasteiger partial charge on any atom is 0.299 e. The second kappa shape index (κ2) is 4.76. The maximum absolute atomic E-state index is 14.2. The van der Waals surface area contributed by atoms with Crippen molar-refractivity contribution in [1.29, 1.82) is 0 Å². The lowest BCUT2D eigenvalue weighted by molar-refractivity contribution is -0.114. The Morgan fingerprint density at radius 3 is 2.76 bits per heavy atom. The van der Waals surface area contributed by atoms with E-state index in [2.05, 4.69) is 10.1 Å². The van der Waals surface area contributed by atoms with Gasteiger partial charge in [0.15, 0.2) is 0 Å². The molecule has 6 nitrogen and oxygen atoms in total. The molecule has 0 bridgehead atoms. The molecule has 0 atom stereocenters. The van der Waals surface area contributed by atoms with E-state index in [9.17, 15) is 14.0 Å². The van der Waals surface area contributed by atoms with Gasteiger partial charge in [0.05, 0.1) is 17.8 Å². The molecule has 0 unspecified atom stereocenters. The highest BCUT2D eigenvalue weighted by atomic mass is 19.1. The average molecular weight is 288 g/mol. The first-order chi connectivity index (χ1) is 10.0. The number of hydrogen-bond acceptors (Lipinski definition) is 4. The molecule has 0 fully saturated rings. The topological polar surface area (TPSA) is 68.1 Å². The normalized spacial score (nSPS) is 14.0. The van der Waals surface area contributed by atoms with Gasteiger partial charge in [-0.25, -0.2) is 14.1 Å². The minimum atomic E-state index is -0.736. The number of nitrogens with zero attached hydrogens (tertiary/aromatic N) is 4. The number of anilines is 1. The Morgan fingerprint density at radius 1 is 1.29 bits per heavy atom. The van der Waals surface area contributed by atoms with E-state index in [1.165, 1.54) is 18.5 Å². The molecule has 0 saturated heterocycles. The molecule has 1 aliphatic heterocycles. The third kappa shape index (κ3) is 2.01. The van der Waals surface area contributed by atoms with Crippen molar-refractivity contribution in [3.8, 4) is 0 Å². The second-order valence-corrected chi connectivity index (χ2v) is 4.86. The van der Waals surface area contributed by atoms with Gasteiger partial charge < -0.3 is 0 Å². The first-order valence-corrected chi connectivity index (χ1v) is 6.56. The quantitative estimate of drug-likeness (QED) is 0.802. The van der Waals surface area contributed by atoms with Crippen molar-refractivity contribution >= 4 is 17.4 Å². The molecule has 7 heteroatoms. The summed E-state index contributed by atoms with van der Waals surface area (Å²) in [6.45, 7) is 4.16. The van der Waals surface area contributed by atoms with Crippen molar-refractivity contribution < 1.29 is 14.0 Å². The van der Waals surface area contributed by atoms with E-state index in [0.29, 0.717) is 17.9 Å². The Labute approximate surface area is 120 Å². The number of aryl methyl sites for hydroxylation is 2. The SMILES string of the molecule is CCn1ncnc1CN1C(=O)C(=O)c2cc(C)cc(F)c21. The zero-order valence-electron chi connectivity index (χ0n) is 11.6. The van der Waals surface area contributed by atoms with E-state index in [-0.39, 0.29) is 17.8 Å². The highest BCUT2D eigenvalue weighted by molar-refractivity contribution is 6.52. The van der Waals surface area contributed by atoms with Gasteiger partial charge in [-0.05, 0) is 31.5 Å². The van der Waals surface area contributed by atoms with Crippen LogP contribution >= 0.6 is 0 Å². The molecule has 108 valence electrons. The van der Waals surface area contributed by atoms with Gasteiger partial charge in [0.1, 0.15) is 18.0 Å². The van der Waals surface area contributed by atoms with Crippen LogP contribution in [-0.2, 0) is 17.9 Å². The number of Topliss-reactive ketones (excluding diaryl/α,β-unsaturated/α-hetero) is 1. The van der Waals surface area contributed by atoms with Gasteiger partial charge in [-0.2, -0.15) is 5.10 Å². The van der Waals surface area contributed by atoms with Crippen molar-refractivity contribution in [2.24, 2.45) is 0 Å². The molecule has 0 radical (unpaired) electrons. The number of halogens is 1. The number of ketones is 1. The monoisotopic (exact) mass is 288 g/mol. The van der Waals surface area contributed by atoms with Crippen molar-refractivity contribution in [2.45, 2.75) is 26.9 Å². The second-order valence-electron chi connectivity index (χ2n) is 4.86. The van der Waals surface area contributed by atoms with E-state index in [0.717, 1.165) is 4.90 Å². The van der Waals surface area contributed by atoms with Crippen molar-refractivity contribution in [2.75, 3.05) is 4.90 Å². The lowest BCUT2D eigenvalue weighted by Crippen LogP contribution is -2.31. The summed E-state index contributed by atoms with van der Waals surface area (Å²) < 4.78 is 15.8. The number of aromatic nitrogens is 3. The van der Waals surface area contributed by atoms with E-state index >= 15 is 0 Å². The summed E-state index contributed by atoms with van der Waals surface area (Å²) in [6.07, 6.45) is 1.37. The minimum Gasteiger partial charge on any atom is -0.294 e. The Morgan fingerprint density at radius 2 is 2.05 bits per heavy atom. The predicted molar refractivity (Wildman–Crippen MR) is 72.4 cm³/mol. The van der Waals surface area contributed by atoms with Gasteiger partial charge in [-0.15, -0.1) is 0 Å². The van der Waals surface area contributed by atoms with Gasteiger partial charge in [-0.1, -0.05) is 0 Å². The van der Waals surface area contributed by atoms with Crippen LogP contribution in [0.25, 0.3) is 0 Å². The fourth-order valence-electron chi connectivity index (χ4n) is 2.49. The molecule has 3 rings (SSSR count). The van der Waals surface area contributed by atoms with Crippen LogP contribution in [0.4, 0.5) is 10.1 Å². The van der Waals surface area contributed by atoms with E-state index in [4.69, 9.17) is 0 Å². The number of carbonyl (C=O) groups excluding carboxylic acids is 2. The number of carbonyl (C=O) groups is 2. The van der Waals surface area contributed by atoms with E-state index in [1.54, 1.807) is 11.6 Å². The van der Waals surface area contributed by atoms with Gasteiger partial charge >= 0.3 is 0 Å². The molecule has 1 amide bonds. The van der Waals surface area contributed by atoms with Crippen LogP contribution < -0.4 is 4.90 Å². The van der Waals surface area contributed by atoms with E-state index < -0.39 is 17.5 Å². The third-order valence-corrected chi connectivity index (χ3v) is 3.46. The molecule has 2 heterocycles. The van der Waals surface area contributed by atoms with Crippen LogP contribution in [0, 0.1) is 12.7 Å². The molecule has 1 aromatic carbocycles. The predicted octanol–water partition coefficient (Wildman–Crippen LogP) is 1.48. The first kappa shape index (κ1) is 13.4. The molecule has 2 aromatic rings. The Kier molecular flexibility index (Phi) is 3.04. The van der Waals surface area contributed by atoms with Crippen LogP contribution in [0.3, 0.4) is 0 Å². The zero-order valence-corrected chi connectivity index (χ0v) is 11.6. The number of amides is 1. The average Bonchev–Trinajstić information content (AvgIpc) is 2.98. The largest absolute Gasteiger partial charge is 0.299 e. The highest BCUT2D eigenvalue weighted by Crippen LogP contribution is 2.33.